The molecular weight excluding hydrogens is 261 g/mol. The van der Waals surface area contributed by atoms with Gasteiger partial charge in [0.15, 0.2) is 0 Å². The predicted molar refractivity (Wildman–Crippen MR) is 73.3 cm³/mol. The Hall–Kier alpha value is -2.89. The molecule has 0 unspecified atom stereocenters. The molecule has 0 atom stereocenters. The Balaban J connectivity index is 1.86. The Morgan fingerprint density at radius 3 is 2.45 bits per heavy atom. The van der Waals surface area contributed by atoms with Crippen LogP contribution in [0.2, 0.25) is 0 Å². The zero-order valence-electron chi connectivity index (χ0n) is 10.2. The van der Waals surface area contributed by atoms with Crippen LogP contribution in [0.3, 0.4) is 0 Å². The van der Waals surface area contributed by atoms with Crippen LogP contribution in [0.1, 0.15) is 10.4 Å². The second-order valence-electron chi connectivity index (χ2n) is 4.30. The van der Waals surface area contributed by atoms with Gasteiger partial charge in [0, 0.05) is 11.3 Å². The summed E-state index contributed by atoms with van der Waals surface area (Å²) in [7, 11) is 0. The van der Waals surface area contributed by atoms with Crippen LogP contribution in [0.15, 0.2) is 47.3 Å². The molecule has 3 rings (SSSR count). The molecule has 0 aliphatic heterocycles. The smallest absolute Gasteiger partial charge is 0.322 e. The van der Waals surface area contributed by atoms with Gasteiger partial charge in [-0.3, -0.25) is 4.79 Å². The van der Waals surface area contributed by atoms with E-state index < -0.39 is 5.82 Å². The predicted octanol–water partition coefficient (Wildman–Crippen LogP) is 2.25. The van der Waals surface area contributed by atoms with Gasteiger partial charge < -0.3 is 15.3 Å². The molecule has 2 aromatic carbocycles. The van der Waals surface area contributed by atoms with Gasteiger partial charge in [0.2, 0.25) is 0 Å². The fourth-order valence-corrected chi connectivity index (χ4v) is 1.91. The summed E-state index contributed by atoms with van der Waals surface area (Å²) < 4.78 is 12.8. The average Bonchev–Trinajstić information content (AvgIpc) is 2.78. The fraction of sp³-hybridized carbons (Fsp3) is 0. The van der Waals surface area contributed by atoms with Crippen molar-refractivity contribution in [3.05, 3.63) is 64.3 Å². The fourth-order valence-electron chi connectivity index (χ4n) is 1.91. The number of imidazole rings is 1. The standard InChI is InChI=1S/C14H10FN3O2/c15-9-3-1-8(2-4-9)13(19)16-10-5-6-11-12(7-10)18-14(20)17-11/h1-7H,(H,16,19)(H2,17,18,20). The van der Waals surface area contributed by atoms with Gasteiger partial charge in [-0.15, -0.1) is 0 Å². The van der Waals surface area contributed by atoms with E-state index in [-0.39, 0.29) is 11.6 Å². The molecule has 1 amide bonds. The first-order valence-electron chi connectivity index (χ1n) is 5.91. The Bertz CT molecular complexity index is 833. The molecule has 0 spiro atoms. The van der Waals surface area contributed by atoms with E-state index in [4.69, 9.17) is 0 Å². The summed E-state index contributed by atoms with van der Waals surface area (Å²) >= 11 is 0. The van der Waals surface area contributed by atoms with Crippen LogP contribution in [0.25, 0.3) is 11.0 Å². The van der Waals surface area contributed by atoms with Crippen molar-refractivity contribution in [1.82, 2.24) is 9.97 Å². The van der Waals surface area contributed by atoms with Crippen LogP contribution in [0.5, 0.6) is 0 Å². The SMILES string of the molecule is O=C(Nc1ccc2[nH]c(=O)[nH]c2c1)c1ccc(F)cc1. The molecule has 3 aromatic rings. The average molecular weight is 271 g/mol. The van der Waals surface area contributed by atoms with Gasteiger partial charge in [-0.2, -0.15) is 0 Å². The van der Waals surface area contributed by atoms with Crippen LogP contribution in [-0.4, -0.2) is 15.9 Å². The van der Waals surface area contributed by atoms with Gasteiger partial charge in [0.05, 0.1) is 11.0 Å². The van der Waals surface area contributed by atoms with E-state index in [1.165, 1.54) is 24.3 Å². The maximum atomic E-state index is 12.8. The lowest BCUT2D eigenvalue weighted by Crippen LogP contribution is -2.11. The maximum Gasteiger partial charge on any atom is 0.323 e. The number of nitrogens with one attached hydrogen (secondary N) is 3. The summed E-state index contributed by atoms with van der Waals surface area (Å²) in [5.41, 5.74) is 1.86. The third-order valence-electron chi connectivity index (χ3n) is 2.88. The van der Waals surface area contributed by atoms with Crippen molar-refractivity contribution in [3.8, 4) is 0 Å². The second-order valence-corrected chi connectivity index (χ2v) is 4.30. The van der Waals surface area contributed by atoms with E-state index in [9.17, 15) is 14.0 Å². The van der Waals surface area contributed by atoms with E-state index in [1.54, 1.807) is 18.2 Å². The number of fused-ring (bicyclic) bond motifs is 1. The summed E-state index contributed by atoms with van der Waals surface area (Å²) in [6, 6.07) is 10.3. The highest BCUT2D eigenvalue weighted by molar-refractivity contribution is 6.04. The van der Waals surface area contributed by atoms with E-state index in [1.807, 2.05) is 0 Å². The number of amides is 1. The Labute approximate surface area is 112 Å². The van der Waals surface area contributed by atoms with Crippen molar-refractivity contribution in [2.45, 2.75) is 0 Å². The zero-order chi connectivity index (χ0) is 14.1. The van der Waals surface area contributed by atoms with E-state index in [2.05, 4.69) is 15.3 Å². The lowest BCUT2D eigenvalue weighted by Gasteiger charge is -2.05. The maximum absolute atomic E-state index is 12.8. The second kappa shape index (κ2) is 4.65. The van der Waals surface area contributed by atoms with Crippen LogP contribution in [0.4, 0.5) is 10.1 Å². The van der Waals surface area contributed by atoms with Crippen molar-refractivity contribution in [3.63, 3.8) is 0 Å². The summed E-state index contributed by atoms with van der Waals surface area (Å²) in [6.45, 7) is 0. The number of H-pyrrole nitrogens is 2. The number of carbonyl (C=O) groups excluding carboxylic acids is 1. The molecule has 3 N–H and O–H groups in total. The lowest BCUT2D eigenvalue weighted by atomic mass is 10.2. The van der Waals surface area contributed by atoms with Crippen molar-refractivity contribution in [1.29, 1.82) is 0 Å². The topological polar surface area (TPSA) is 77.8 Å². The Kier molecular flexibility index (Phi) is 2.83. The molecule has 100 valence electrons. The minimum atomic E-state index is -0.395. The molecular formula is C14H10FN3O2. The molecule has 20 heavy (non-hydrogen) atoms. The number of hydrogen-bond acceptors (Lipinski definition) is 2. The molecule has 1 heterocycles. The molecule has 0 radical (unpaired) electrons. The molecule has 6 heteroatoms. The van der Waals surface area contributed by atoms with Crippen LogP contribution in [-0.2, 0) is 0 Å². The summed E-state index contributed by atoms with van der Waals surface area (Å²) in [5, 5.41) is 2.68. The molecule has 0 aliphatic carbocycles. The number of anilines is 1. The minimum Gasteiger partial charge on any atom is -0.322 e. The number of aromatic nitrogens is 2. The number of carbonyl (C=O) groups is 1. The minimum absolute atomic E-state index is 0.304. The van der Waals surface area contributed by atoms with Crippen molar-refractivity contribution in [2.75, 3.05) is 5.32 Å². The largest absolute Gasteiger partial charge is 0.323 e. The van der Waals surface area contributed by atoms with Crippen LogP contribution in [0, 0.1) is 5.82 Å². The Morgan fingerprint density at radius 1 is 1.00 bits per heavy atom. The first kappa shape index (κ1) is 12.2. The third kappa shape index (κ3) is 2.31. The number of aromatic amines is 2. The highest BCUT2D eigenvalue weighted by atomic mass is 19.1. The van der Waals surface area contributed by atoms with Gasteiger partial charge in [-0.05, 0) is 42.5 Å². The number of halogens is 1. The van der Waals surface area contributed by atoms with Crippen molar-refractivity contribution < 1.29 is 9.18 Å². The monoisotopic (exact) mass is 271 g/mol. The number of rotatable bonds is 2. The van der Waals surface area contributed by atoms with Crippen LogP contribution >= 0.6 is 0 Å². The molecule has 0 saturated heterocycles. The number of benzene rings is 2. The quantitative estimate of drug-likeness (QED) is 0.668. The van der Waals surface area contributed by atoms with Gasteiger partial charge in [-0.1, -0.05) is 0 Å². The summed E-state index contributed by atoms with van der Waals surface area (Å²) in [6.07, 6.45) is 0. The normalized spacial score (nSPS) is 10.7. The first-order chi connectivity index (χ1) is 9.61. The first-order valence-corrected chi connectivity index (χ1v) is 5.91. The molecule has 0 bridgehead atoms. The third-order valence-corrected chi connectivity index (χ3v) is 2.88. The van der Waals surface area contributed by atoms with E-state index >= 15 is 0 Å². The molecule has 0 aliphatic rings. The van der Waals surface area contributed by atoms with Crippen molar-refractivity contribution >= 4 is 22.6 Å². The van der Waals surface area contributed by atoms with Gasteiger partial charge in [0.25, 0.3) is 5.91 Å². The highest BCUT2D eigenvalue weighted by Crippen LogP contribution is 2.15. The highest BCUT2D eigenvalue weighted by Gasteiger charge is 2.07. The Morgan fingerprint density at radius 2 is 1.70 bits per heavy atom. The van der Waals surface area contributed by atoms with Gasteiger partial charge >= 0.3 is 5.69 Å². The molecule has 5 nitrogen and oxygen atoms in total. The van der Waals surface area contributed by atoms with E-state index in [0.717, 1.165) is 0 Å². The molecule has 0 saturated carbocycles. The number of hydrogen-bond donors (Lipinski definition) is 3. The molecule has 1 aromatic heterocycles. The van der Waals surface area contributed by atoms with Gasteiger partial charge in [-0.25, -0.2) is 9.18 Å². The van der Waals surface area contributed by atoms with Gasteiger partial charge in [0.1, 0.15) is 5.82 Å². The lowest BCUT2D eigenvalue weighted by molar-refractivity contribution is 0.102. The van der Waals surface area contributed by atoms with E-state index in [0.29, 0.717) is 22.3 Å². The van der Waals surface area contributed by atoms with Crippen LogP contribution < -0.4 is 11.0 Å². The summed E-state index contributed by atoms with van der Waals surface area (Å²) in [5.74, 6) is -0.741. The summed E-state index contributed by atoms with van der Waals surface area (Å²) in [4.78, 5) is 28.3. The van der Waals surface area contributed by atoms with Crippen molar-refractivity contribution in [2.24, 2.45) is 0 Å². The molecule has 0 fully saturated rings. The zero-order valence-corrected chi connectivity index (χ0v) is 10.2.